The number of H-pyrrole nitrogens is 1. The van der Waals surface area contributed by atoms with Crippen LogP contribution in [0.25, 0.3) is 11.4 Å². The molecule has 0 aliphatic carbocycles. The fraction of sp³-hybridized carbons (Fsp3) is 0. The first kappa shape index (κ1) is 14.3. The third-order valence-corrected chi connectivity index (χ3v) is 2.02. The Morgan fingerprint density at radius 3 is 2.56 bits per heavy atom. The largest absolute Gasteiger partial charge is 1.00 e. The molecule has 9 heteroatoms. The molecule has 0 amide bonds. The molecule has 1 aromatic carbocycles. The van der Waals surface area contributed by atoms with Gasteiger partial charge in [-0.25, -0.2) is 4.98 Å². The minimum atomic E-state index is -1.53. The van der Waals surface area contributed by atoms with Crippen molar-refractivity contribution in [3.05, 3.63) is 40.2 Å². The molecule has 0 fully saturated rings. The molecule has 2 rings (SSSR count). The fourth-order valence-corrected chi connectivity index (χ4v) is 1.30. The Balaban J connectivity index is 0.00000162. The van der Waals surface area contributed by atoms with E-state index >= 15 is 0 Å². The van der Waals surface area contributed by atoms with Gasteiger partial charge in [-0.3, -0.25) is 15.2 Å². The summed E-state index contributed by atoms with van der Waals surface area (Å²) in [4.78, 5) is 24.2. The van der Waals surface area contributed by atoms with Gasteiger partial charge < -0.3 is 9.90 Å². The monoisotopic (exact) mass is 256 g/mol. The second-order valence-electron chi connectivity index (χ2n) is 3.07. The Bertz CT molecular complexity index is 598. The van der Waals surface area contributed by atoms with Crippen molar-refractivity contribution in [2.75, 3.05) is 0 Å². The van der Waals surface area contributed by atoms with Gasteiger partial charge >= 0.3 is 29.6 Å². The van der Waals surface area contributed by atoms with E-state index in [9.17, 15) is 20.0 Å². The van der Waals surface area contributed by atoms with Crippen LogP contribution in [0.4, 0.5) is 5.69 Å². The summed E-state index contributed by atoms with van der Waals surface area (Å²) in [5, 5.41) is 26.9. The van der Waals surface area contributed by atoms with Crippen molar-refractivity contribution in [2.24, 2.45) is 0 Å². The minimum absolute atomic E-state index is 0. The van der Waals surface area contributed by atoms with E-state index in [1.165, 1.54) is 18.2 Å². The Labute approximate surface area is 122 Å². The van der Waals surface area contributed by atoms with Gasteiger partial charge in [0.1, 0.15) is 5.97 Å². The van der Waals surface area contributed by atoms with E-state index in [4.69, 9.17) is 0 Å². The molecular formula is C9H5N4NaO4. The topological polar surface area (TPSA) is 125 Å². The summed E-state index contributed by atoms with van der Waals surface area (Å²) < 4.78 is 0. The maximum Gasteiger partial charge on any atom is 1.00 e. The number of hydrogen-bond acceptors (Lipinski definition) is 6. The van der Waals surface area contributed by atoms with Gasteiger partial charge in [-0.05, 0) is 6.07 Å². The summed E-state index contributed by atoms with van der Waals surface area (Å²) >= 11 is 0. The van der Waals surface area contributed by atoms with Crippen molar-refractivity contribution in [3.8, 4) is 11.4 Å². The summed E-state index contributed by atoms with van der Waals surface area (Å²) in [6.07, 6.45) is 0. The predicted molar refractivity (Wildman–Crippen MR) is 52.8 cm³/mol. The molecule has 0 atom stereocenters. The maximum atomic E-state index is 10.7. The summed E-state index contributed by atoms with van der Waals surface area (Å²) in [6, 6.07) is 5.77. The van der Waals surface area contributed by atoms with E-state index in [1.54, 1.807) is 6.07 Å². The third-order valence-electron chi connectivity index (χ3n) is 2.02. The number of hydrogen-bond donors (Lipinski definition) is 1. The number of aromatic nitrogens is 3. The SMILES string of the molecule is O=C([O-])c1nc(-c2ccccc2[N+](=O)[O-])n[nH]1.[Na+]. The van der Waals surface area contributed by atoms with Crippen molar-refractivity contribution in [2.45, 2.75) is 0 Å². The van der Waals surface area contributed by atoms with Crippen LogP contribution in [0.15, 0.2) is 24.3 Å². The first-order chi connectivity index (χ1) is 8.09. The molecule has 0 aliphatic heterocycles. The molecule has 1 heterocycles. The Morgan fingerprint density at radius 1 is 1.33 bits per heavy atom. The van der Waals surface area contributed by atoms with Crippen molar-refractivity contribution in [1.29, 1.82) is 0 Å². The summed E-state index contributed by atoms with van der Waals surface area (Å²) in [5.74, 6) is -2.06. The predicted octanol–water partition coefficient (Wildman–Crippen LogP) is -3.25. The average molecular weight is 256 g/mol. The van der Waals surface area contributed by atoms with E-state index in [0.29, 0.717) is 0 Å². The number of carboxylic acids is 1. The van der Waals surface area contributed by atoms with Crippen LogP contribution in [0.1, 0.15) is 10.6 Å². The number of para-hydroxylation sites is 1. The van der Waals surface area contributed by atoms with Crippen molar-refractivity contribution < 1.29 is 44.4 Å². The number of carbonyl (C=O) groups excluding carboxylic acids is 1. The average Bonchev–Trinajstić information content (AvgIpc) is 2.78. The molecule has 2 aromatic rings. The van der Waals surface area contributed by atoms with Gasteiger partial charge in [0.15, 0.2) is 11.6 Å². The van der Waals surface area contributed by atoms with Crippen LogP contribution >= 0.6 is 0 Å². The van der Waals surface area contributed by atoms with E-state index in [1.807, 2.05) is 0 Å². The number of nitro groups is 1. The Hall–Kier alpha value is -1.77. The van der Waals surface area contributed by atoms with E-state index in [2.05, 4.69) is 15.2 Å². The number of carbonyl (C=O) groups is 1. The van der Waals surface area contributed by atoms with Gasteiger partial charge in [-0.15, -0.1) is 0 Å². The van der Waals surface area contributed by atoms with Crippen LogP contribution in [0.2, 0.25) is 0 Å². The molecule has 18 heavy (non-hydrogen) atoms. The Kier molecular flexibility index (Phi) is 4.54. The maximum absolute atomic E-state index is 10.7. The number of nitrogens with one attached hydrogen (secondary N) is 1. The van der Waals surface area contributed by atoms with Crippen molar-refractivity contribution in [3.63, 3.8) is 0 Å². The molecule has 1 aromatic heterocycles. The van der Waals surface area contributed by atoms with E-state index in [-0.39, 0.29) is 46.6 Å². The Morgan fingerprint density at radius 2 is 2.00 bits per heavy atom. The zero-order chi connectivity index (χ0) is 12.4. The normalized spacial score (nSPS) is 9.56. The van der Waals surface area contributed by atoms with Gasteiger partial charge in [0.05, 0.1) is 10.5 Å². The molecule has 0 radical (unpaired) electrons. The van der Waals surface area contributed by atoms with E-state index < -0.39 is 16.7 Å². The first-order valence-corrected chi connectivity index (χ1v) is 4.47. The van der Waals surface area contributed by atoms with Crippen LogP contribution in [0, 0.1) is 10.1 Å². The molecular weight excluding hydrogens is 251 g/mol. The standard InChI is InChI=1S/C9H6N4O4.Na/c14-9(15)8-10-7(11-12-8)5-3-1-2-4-6(5)13(16)17;/h1-4H,(H,14,15)(H,10,11,12);/q;+1/p-1. The molecule has 1 N–H and O–H groups in total. The van der Waals surface area contributed by atoms with Crippen LogP contribution in [0.5, 0.6) is 0 Å². The molecule has 8 nitrogen and oxygen atoms in total. The zero-order valence-electron chi connectivity index (χ0n) is 9.28. The molecule has 0 bridgehead atoms. The summed E-state index contributed by atoms with van der Waals surface area (Å²) in [7, 11) is 0. The molecule has 86 valence electrons. The molecule has 0 spiro atoms. The minimum Gasteiger partial charge on any atom is -0.542 e. The number of benzene rings is 1. The molecule has 0 saturated carbocycles. The fourth-order valence-electron chi connectivity index (χ4n) is 1.30. The smallest absolute Gasteiger partial charge is 0.542 e. The van der Waals surface area contributed by atoms with Crippen LogP contribution in [-0.4, -0.2) is 26.1 Å². The summed E-state index contributed by atoms with van der Waals surface area (Å²) in [6.45, 7) is 0. The second-order valence-corrected chi connectivity index (χ2v) is 3.07. The number of nitro benzene ring substituents is 1. The van der Waals surface area contributed by atoms with E-state index in [0.717, 1.165) is 0 Å². The molecule has 0 aliphatic rings. The van der Waals surface area contributed by atoms with Gasteiger partial charge in [-0.2, -0.15) is 5.10 Å². The summed E-state index contributed by atoms with van der Waals surface area (Å²) in [5.41, 5.74) is -0.0577. The quantitative estimate of drug-likeness (QED) is 0.349. The van der Waals surface area contributed by atoms with Gasteiger partial charge in [0.2, 0.25) is 0 Å². The van der Waals surface area contributed by atoms with Gasteiger partial charge in [0.25, 0.3) is 5.69 Å². The van der Waals surface area contributed by atoms with Crippen molar-refractivity contribution >= 4 is 11.7 Å². The number of rotatable bonds is 3. The number of aromatic carboxylic acids is 1. The number of nitrogens with zero attached hydrogens (tertiary/aromatic N) is 3. The number of carboxylic acid groups (broad SMARTS) is 1. The number of aromatic amines is 1. The van der Waals surface area contributed by atoms with Crippen LogP contribution < -0.4 is 34.7 Å². The first-order valence-electron chi connectivity index (χ1n) is 4.47. The van der Waals surface area contributed by atoms with Crippen LogP contribution in [0.3, 0.4) is 0 Å². The molecule has 0 saturated heterocycles. The van der Waals surface area contributed by atoms with Crippen molar-refractivity contribution in [1.82, 2.24) is 15.2 Å². The van der Waals surface area contributed by atoms with Gasteiger partial charge in [-0.1, -0.05) is 12.1 Å². The zero-order valence-corrected chi connectivity index (χ0v) is 11.3. The third kappa shape index (κ3) is 2.73. The van der Waals surface area contributed by atoms with Gasteiger partial charge in [0, 0.05) is 6.07 Å². The molecule has 0 unspecified atom stereocenters. The van der Waals surface area contributed by atoms with Crippen LogP contribution in [-0.2, 0) is 0 Å². The second kappa shape index (κ2) is 5.71.